The van der Waals surface area contributed by atoms with Gasteiger partial charge in [0.2, 0.25) is 5.95 Å². The fourth-order valence-electron chi connectivity index (χ4n) is 4.26. The third-order valence-corrected chi connectivity index (χ3v) is 7.59. The van der Waals surface area contributed by atoms with Gasteiger partial charge in [0.25, 0.3) is 5.91 Å². The molecule has 4 aromatic rings. The number of amides is 1. The molecule has 0 aromatic carbocycles. The van der Waals surface area contributed by atoms with Crippen LogP contribution in [0.4, 0.5) is 17.6 Å². The van der Waals surface area contributed by atoms with Crippen LogP contribution in [-0.4, -0.2) is 87.4 Å². The number of rotatable bonds is 6. The smallest absolute Gasteiger partial charge is 0.271 e. The summed E-state index contributed by atoms with van der Waals surface area (Å²) < 4.78 is 0.954. The molecule has 186 valence electrons. The highest BCUT2D eigenvalue weighted by Gasteiger charge is 2.30. The Morgan fingerprint density at radius 2 is 1.89 bits per heavy atom. The number of anilines is 3. The molecule has 36 heavy (non-hydrogen) atoms. The quantitative estimate of drug-likeness (QED) is 0.423. The first kappa shape index (κ1) is 24.0. The summed E-state index contributed by atoms with van der Waals surface area (Å²) in [5, 5.41) is 4.10. The van der Waals surface area contributed by atoms with Crippen molar-refractivity contribution in [2.75, 3.05) is 45.0 Å². The Hall–Kier alpha value is -3.70. The molecule has 1 amide bonds. The molecule has 0 aliphatic carbocycles. The second-order valence-corrected chi connectivity index (χ2v) is 10.4. The van der Waals surface area contributed by atoms with Crippen molar-refractivity contribution >= 4 is 45.0 Å². The second kappa shape index (κ2) is 9.75. The van der Waals surface area contributed by atoms with Gasteiger partial charge in [-0.1, -0.05) is 0 Å². The van der Waals surface area contributed by atoms with E-state index in [1.54, 1.807) is 38.8 Å². The molecule has 1 N–H and O–H groups in total. The number of aromatic nitrogens is 5. The van der Waals surface area contributed by atoms with Gasteiger partial charge in [-0.3, -0.25) is 9.78 Å². The maximum absolute atomic E-state index is 12.3. The van der Waals surface area contributed by atoms with Gasteiger partial charge >= 0.3 is 0 Å². The Labute approximate surface area is 214 Å². The lowest BCUT2D eigenvalue weighted by molar-refractivity contribution is 0.0822. The summed E-state index contributed by atoms with van der Waals surface area (Å²) >= 11 is 1.52. The molecule has 10 nitrogen and oxygen atoms in total. The highest BCUT2D eigenvalue weighted by molar-refractivity contribution is 7.21. The maximum atomic E-state index is 12.3. The lowest BCUT2D eigenvalue weighted by Crippen LogP contribution is -2.35. The van der Waals surface area contributed by atoms with Gasteiger partial charge in [0, 0.05) is 70.0 Å². The number of carbonyl (C=O) groups is 1. The van der Waals surface area contributed by atoms with Crippen LogP contribution in [0.1, 0.15) is 23.8 Å². The molecule has 2 unspecified atom stereocenters. The van der Waals surface area contributed by atoms with Crippen LogP contribution in [0.3, 0.4) is 0 Å². The lowest BCUT2D eigenvalue weighted by Gasteiger charge is -2.24. The zero-order valence-corrected chi connectivity index (χ0v) is 21.8. The third-order valence-electron chi connectivity index (χ3n) is 6.53. The topological polar surface area (TPSA) is 103 Å². The fraction of sp³-hybridized carbons (Fsp3) is 0.360. The zero-order valence-electron chi connectivity index (χ0n) is 21.0. The van der Waals surface area contributed by atoms with E-state index < -0.39 is 0 Å². The molecular weight excluding hydrogens is 474 g/mol. The number of nitrogens with one attached hydrogen (secondary N) is 1. The number of hydrogen-bond acceptors (Lipinski definition) is 10. The number of thiazole rings is 1. The molecule has 5 rings (SSSR count). The van der Waals surface area contributed by atoms with Crippen LogP contribution in [0.25, 0.3) is 20.8 Å². The van der Waals surface area contributed by atoms with Gasteiger partial charge in [-0.2, -0.15) is 4.98 Å². The van der Waals surface area contributed by atoms with Crippen molar-refractivity contribution in [2.24, 2.45) is 0 Å². The number of likely N-dealkylation sites (tertiary alicyclic amines) is 1. The average Bonchev–Trinajstić information content (AvgIpc) is 3.45. The Kier molecular flexibility index (Phi) is 6.50. The maximum Gasteiger partial charge on any atom is 0.271 e. The summed E-state index contributed by atoms with van der Waals surface area (Å²) in [5.74, 6) is 1.87. The number of fused-ring (bicyclic) bond motifs is 1. The van der Waals surface area contributed by atoms with Crippen LogP contribution >= 0.6 is 11.3 Å². The minimum atomic E-state index is -0.143. The van der Waals surface area contributed by atoms with Crippen molar-refractivity contribution in [2.45, 2.75) is 25.4 Å². The van der Waals surface area contributed by atoms with Gasteiger partial charge in [0.15, 0.2) is 0 Å². The first-order valence-corrected chi connectivity index (χ1v) is 12.6. The highest BCUT2D eigenvalue weighted by Crippen LogP contribution is 2.31. The SMILES string of the molecule is CC1CC(N(C)c2nccc(Nc3cc4nc(-c5ccnc(C(=O)N(C)C)c5)sc4cn3)n2)CN1C. The van der Waals surface area contributed by atoms with Crippen molar-refractivity contribution in [1.29, 1.82) is 0 Å². The highest BCUT2D eigenvalue weighted by atomic mass is 32.1. The molecule has 4 aromatic heterocycles. The Morgan fingerprint density at radius 3 is 2.64 bits per heavy atom. The van der Waals surface area contributed by atoms with Gasteiger partial charge in [-0.05, 0) is 38.6 Å². The summed E-state index contributed by atoms with van der Waals surface area (Å²) in [6.07, 6.45) is 6.28. The summed E-state index contributed by atoms with van der Waals surface area (Å²) in [7, 11) is 7.62. The van der Waals surface area contributed by atoms with Crippen molar-refractivity contribution < 1.29 is 4.79 Å². The second-order valence-electron chi connectivity index (χ2n) is 9.34. The summed E-state index contributed by atoms with van der Waals surface area (Å²) in [6, 6.07) is 8.29. The number of hydrogen-bond donors (Lipinski definition) is 1. The van der Waals surface area contributed by atoms with Crippen LogP contribution in [0, 0.1) is 0 Å². The minimum Gasteiger partial charge on any atom is -0.343 e. The number of likely N-dealkylation sites (N-methyl/N-ethyl adjacent to an activating group) is 2. The molecule has 0 bridgehead atoms. The van der Waals surface area contributed by atoms with E-state index >= 15 is 0 Å². The van der Waals surface area contributed by atoms with E-state index in [-0.39, 0.29) is 5.91 Å². The molecule has 1 aliphatic heterocycles. The zero-order chi connectivity index (χ0) is 25.4. The van der Waals surface area contributed by atoms with E-state index in [2.05, 4.69) is 44.0 Å². The Bertz CT molecular complexity index is 1400. The molecule has 0 spiro atoms. The van der Waals surface area contributed by atoms with Crippen LogP contribution in [0.5, 0.6) is 0 Å². The normalized spacial score (nSPS) is 17.9. The molecule has 1 aliphatic rings. The van der Waals surface area contributed by atoms with Crippen molar-refractivity contribution in [3.63, 3.8) is 0 Å². The average molecular weight is 504 g/mol. The molecule has 0 radical (unpaired) electrons. The molecule has 5 heterocycles. The summed E-state index contributed by atoms with van der Waals surface area (Å²) in [5.41, 5.74) is 2.06. The summed E-state index contributed by atoms with van der Waals surface area (Å²) in [4.78, 5) is 41.1. The van der Waals surface area contributed by atoms with Crippen LogP contribution < -0.4 is 10.2 Å². The number of carbonyl (C=O) groups excluding carboxylic acids is 1. The van der Waals surface area contributed by atoms with Gasteiger partial charge in [0.1, 0.15) is 22.3 Å². The van der Waals surface area contributed by atoms with Crippen molar-refractivity contribution in [3.8, 4) is 10.6 Å². The standard InChI is InChI=1S/C25H29N9OS/c1-15-10-17(14-33(15)4)34(5)25-27-9-7-21(31-25)30-22-12-18-20(13-28-22)36-23(29-18)16-6-8-26-19(11-16)24(35)32(2)3/h6-9,11-13,15,17H,10,14H2,1-5H3,(H,27,28,30,31). The monoisotopic (exact) mass is 503 g/mol. The molecular formula is C25H29N9OS. The summed E-state index contributed by atoms with van der Waals surface area (Å²) in [6.45, 7) is 3.24. The molecule has 1 fully saturated rings. The van der Waals surface area contributed by atoms with E-state index in [0.717, 1.165) is 33.8 Å². The molecule has 11 heteroatoms. The predicted molar refractivity (Wildman–Crippen MR) is 143 cm³/mol. The van der Waals surface area contributed by atoms with Crippen LogP contribution in [0.15, 0.2) is 42.9 Å². The Morgan fingerprint density at radius 1 is 1.08 bits per heavy atom. The molecule has 0 saturated carbocycles. The molecule has 1 saturated heterocycles. The van der Waals surface area contributed by atoms with Crippen molar-refractivity contribution in [3.05, 3.63) is 48.5 Å². The van der Waals surface area contributed by atoms with Gasteiger partial charge in [-0.15, -0.1) is 11.3 Å². The van der Waals surface area contributed by atoms with E-state index in [1.165, 1.54) is 16.2 Å². The van der Waals surface area contributed by atoms with Crippen molar-refractivity contribution in [1.82, 2.24) is 34.7 Å². The van der Waals surface area contributed by atoms with E-state index in [0.29, 0.717) is 35.4 Å². The first-order valence-electron chi connectivity index (χ1n) is 11.8. The van der Waals surface area contributed by atoms with Gasteiger partial charge in [0.05, 0.1) is 10.2 Å². The third kappa shape index (κ3) is 4.84. The minimum absolute atomic E-state index is 0.143. The van der Waals surface area contributed by atoms with E-state index in [1.807, 2.05) is 25.2 Å². The Balaban J connectivity index is 1.35. The largest absolute Gasteiger partial charge is 0.343 e. The van der Waals surface area contributed by atoms with Crippen LogP contribution in [0.2, 0.25) is 0 Å². The number of nitrogens with zero attached hydrogens (tertiary/aromatic N) is 8. The number of pyridine rings is 2. The lowest BCUT2D eigenvalue weighted by atomic mass is 10.2. The van der Waals surface area contributed by atoms with Crippen LogP contribution in [-0.2, 0) is 0 Å². The van der Waals surface area contributed by atoms with Gasteiger partial charge in [-0.25, -0.2) is 15.0 Å². The molecule has 2 atom stereocenters. The van der Waals surface area contributed by atoms with Gasteiger partial charge < -0.3 is 20.0 Å². The fourth-order valence-corrected chi connectivity index (χ4v) is 5.17. The predicted octanol–water partition coefficient (Wildman–Crippen LogP) is 3.52. The van der Waals surface area contributed by atoms with E-state index in [4.69, 9.17) is 9.97 Å². The van der Waals surface area contributed by atoms with E-state index in [9.17, 15) is 4.79 Å². The first-order chi connectivity index (χ1) is 17.3.